The molecule has 0 radical (unpaired) electrons. The van der Waals surface area contributed by atoms with Gasteiger partial charge >= 0.3 is 0 Å². The third kappa shape index (κ3) is 9.67. The zero-order valence-corrected chi connectivity index (χ0v) is 18.5. The fourth-order valence-corrected chi connectivity index (χ4v) is 5.42. The lowest BCUT2D eigenvalue weighted by Gasteiger charge is -2.24. The van der Waals surface area contributed by atoms with Crippen LogP contribution >= 0.6 is 36.2 Å². The van der Waals surface area contributed by atoms with Crippen LogP contribution in [0.4, 0.5) is 0 Å². The highest BCUT2D eigenvalue weighted by atomic mass is 32.2. The van der Waals surface area contributed by atoms with Crippen LogP contribution in [0, 0.1) is 0 Å². The normalized spacial score (nSPS) is 21.0. The summed E-state index contributed by atoms with van der Waals surface area (Å²) in [6.45, 7) is 4.40. The molecule has 1 aliphatic rings. The van der Waals surface area contributed by atoms with Gasteiger partial charge in [0.15, 0.2) is 10.2 Å². The van der Waals surface area contributed by atoms with E-state index in [1.54, 1.807) is 21.0 Å². The van der Waals surface area contributed by atoms with Crippen molar-refractivity contribution in [3.8, 4) is 0 Å². The summed E-state index contributed by atoms with van der Waals surface area (Å²) < 4.78 is 5.21. The second kappa shape index (κ2) is 13.1. The summed E-state index contributed by atoms with van der Waals surface area (Å²) in [5, 5.41) is 0.678. The molecule has 3 atom stereocenters. The number of ether oxygens (including phenoxy) is 1. The molecular formula is C18H31NO4S3. The average Bonchev–Trinajstić information content (AvgIpc) is 2.91. The topological polar surface area (TPSA) is 63.7 Å². The van der Waals surface area contributed by atoms with Gasteiger partial charge in [0.1, 0.15) is 0 Å². The number of amides is 1. The molecule has 1 amide bonds. The van der Waals surface area contributed by atoms with Crippen LogP contribution in [0.1, 0.15) is 52.4 Å². The molecule has 0 aromatic heterocycles. The number of hydrogen-bond acceptors (Lipinski definition) is 7. The van der Waals surface area contributed by atoms with Gasteiger partial charge < -0.3 is 9.64 Å². The molecule has 3 unspecified atom stereocenters. The smallest absolute Gasteiger partial charge is 0.222 e. The molecule has 150 valence electrons. The van der Waals surface area contributed by atoms with E-state index in [2.05, 4.69) is 12.6 Å². The molecule has 0 aromatic carbocycles. The Morgan fingerprint density at radius 3 is 2.54 bits per heavy atom. The van der Waals surface area contributed by atoms with Crippen molar-refractivity contribution in [2.45, 2.75) is 68.9 Å². The van der Waals surface area contributed by atoms with Gasteiger partial charge in [-0.3, -0.25) is 14.4 Å². The Labute approximate surface area is 171 Å². The molecule has 0 N–H and O–H groups in total. The molecule has 1 fully saturated rings. The Morgan fingerprint density at radius 1 is 1.19 bits per heavy atom. The van der Waals surface area contributed by atoms with Gasteiger partial charge in [-0.05, 0) is 25.7 Å². The summed E-state index contributed by atoms with van der Waals surface area (Å²) in [6, 6.07) is 0.139. The number of carbonyl (C=O) groups excluding carboxylic acids is 3. The molecule has 1 heterocycles. The first-order valence-electron chi connectivity index (χ1n) is 9.10. The van der Waals surface area contributed by atoms with E-state index in [0.29, 0.717) is 19.6 Å². The Hall–Kier alpha value is -0.180. The lowest BCUT2D eigenvalue weighted by atomic mass is 10.1. The number of unbranched alkanes of at least 4 members (excludes halogenated alkanes) is 1. The van der Waals surface area contributed by atoms with E-state index in [1.807, 2.05) is 4.90 Å². The Morgan fingerprint density at radius 2 is 1.92 bits per heavy atom. The number of rotatable bonds is 11. The van der Waals surface area contributed by atoms with E-state index < -0.39 is 0 Å². The minimum Gasteiger partial charge on any atom is -0.383 e. The number of hydrogen-bond donors (Lipinski definition) is 1. The summed E-state index contributed by atoms with van der Waals surface area (Å²) in [7, 11) is 1.66. The van der Waals surface area contributed by atoms with Crippen molar-refractivity contribution in [2.75, 3.05) is 26.0 Å². The van der Waals surface area contributed by atoms with Gasteiger partial charge in [-0.2, -0.15) is 12.6 Å². The van der Waals surface area contributed by atoms with Crippen molar-refractivity contribution >= 4 is 52.3 Å². The maximum atomic E-state index is 12.5. The molecule has 0 aromatic rings. The number of thioether (sulfide) groups is 2. The monoisotopic (exact) mass is 421 g/mol. The summed E-state index contributed by atoms with van der Waals surface area (Å²) in [6.07, 6.45) is 4.88. The Balaban J connectivity index is 2.33. The van der Waals surface area contributed by atoms with Crippen LogP contribution < -0.4 is 0 Å². The van der Waals surface area contributed by atoms with E-state index in [9.17, 15) is 14.4 Å². The maximum absolute atomic E-state index is 12.5. The van der Waals surface area contributed by atoms with Gasteiger partial charge in [-0.1, -0.05) is 29.9 Å². The molecular weight excluding hydrogens is 390 g/mol. The van der Waals surface area contributed by atoms with E-state index >= 15 is 0 Å². The Bertz CT molecular complexity index is 475. The van der Waals surface area contributed by atoms with E-state index in [-0.39, 0.29) is 32.7 Å². The van der Waals surface area contributed by atoms with E-state index in [1.165, 1.54) is 23.5 Å². The highest BCUT2D eigenvalue weighted by molar-refractivity contribution is 8.14. The molecule has 0 saturated carbocycles. The number of nitrogens with zero attached hydrogens (tertiary/aromatic N) is 1. The van der Waals surface area contributed by atoms with E-state index in [4.69, 9.17) is 4.74 Å². The molecule has 26 heavy (non-hydrogen) atoms. The number of likely N-dealkylation sites (tertiary alicyclic amines) is 1. The fraction of sp³-hybridized carbons (Fsp3) is 0.833. The number of carbonyl (C=O) groups is 3. The molecule has 8 heteroatoms. The van der Waals surface area contributed by atoms with Crippen LogP contribution in [-0.2, 0) is 19.1 Å². The quantitative estimate of drug-likeness (QED) is 0.407. The second-order valence-corrected chi connectivity index (χ2v) is 10.1. The summed E-state index contributed by atoms with van der Waals surface area (Å²) >= 11 is 7.17. The first-order valence-corrected chi connectivity index (χ1v) is 11.5. The third-order valence-electron chi connectivity index (χ3n) is 4.32. The number of thiol groups is 1. The van der Waals surface area contributed by atoms with Crippen molar-refractivity contribution in [3.05, 3.63) is 0 Å². The van der Waals surface area contributed by atoms with Crippen LogP contribution in [0.3, 0.4) is 0 Å². The van der Waals surface area contributed by atoms with Gasteiger partial charge in [0.05, 0.1) is 12.6 Å². The van der Waals surface area contributed by atoms with Crippen LogP contribution in [0.25, 0.3) is 0 Å². The summed E-state index contributed by atoms with van der Waals surface area (Å²) in [4.78, 5) is 36.8. The standard InChI is InChI=1S/C18H31NO4S3/c1-13(20)25-9-8-17(26-14(2)21)6-4-5-7-18(22)19-11-16(24)10-15(19)12-23-3/h15-17,24H,4-12H2,1-3H3. The SMILES string of the molecule is COCC1CC(S)CN1C(=O)CCCCC(CCSC(C)=O)SC(C)=O. The summed E-state index contributed by atoms with van der Waals surface area (Å²) in [5.74, 6) is 0.918. The zero-order valence-electron chi connectivity index (χ0n) is 15.9. The van der Waals surface area contributed by atoms with Crippen molar-refractivity contribution < 1.29 is 19.1 Å². The van der Waals surface area contributed by atoms with Crippen molar-refractivity contribution in [2.24, 2.45) is 0 Å². The van der Waals surface area contributed by atoms with Gasteiger partial charge in [0, 0.05) is 50.2 Å². The van der Waals surface area contributed by atoms with Gasteiger partial charge in [0.2, 0.25) is 5.91 Å². The largest absolute Gasteiger partial charge is 0.383 e. The molecule has 0 aliphatic carbocycles. The van der Waals surface area contributed by atoms with Gasteiger partial charge in [0.25, 0.3) is 0 Å². The third-order valence-corrected chi connectivity index (χ3v) is 6.67. The first kappa shape index (κ1) is 23.9. The molecule has 1 saturated heterocycles. The average molecular weight is 422 g/mol. The molecule has 0 spiro atoms. The predicted molar refractivity (Wildman–Crippen MR) is 113 cm³/mol. The second-order valence-electron chi connectivity index (χ2n) is 6.65. The van der Waals surface area contributed by atoms with Gasteiger partial charge in [-0.15, -0.1) is 0 Å². The molecule has 1 aliphatic heterocycles. The van der Waals surface area contributed by atoms with Crippen LogP contribution in [0.2, 0.25) is 0 Å². The van der Waals surface area contributed by atoms with Crippen LogP contribution in [0.15, 0.2) is 0 Å². The number of methoxy groups -OCH3 is 1. The fourth-order valence-electron chi connectivity index (χ4n) is 3.17. The molecule has 0 bridgehead atoms. The van der Waals surface area contributed by atoms with Crippen molar-refractivity contribution in [3.63, 3.8) is 0 Å². The summed E-state index contributed by atoms with van der Waals surface area (Å²) in [5.41, 5.74) is 0. The highest BCUT2D eigenvalue weighted by Crippen LogP contribution is 2.26. The zero-order chi connectivity index (χ0) is 19.5. The van der Waals surface area contributed by atoms with E-state index in [0.717, 1.165) is 37.9 Å². The van der Waals surface area contributed by atoms with Crippen LogP contribution in [-0.4, -0.2) is 63.6 Å². The van der Waals surface area contributed by atoms with Crippen molar-refractivity contribution in [1.82, 2.24) is 4.90 Å². The molecule has 1 rings (SSSR count). The lowest BCUT2D eigenvalue weighted by molar-refractivity contribution is -0.133. The maximum Gasteiger partial charge on any atom is 0.222 e. The molecule has 5 nitrogen and oxygen atoms in total. The highest BCUT2D eigenvalue weighted by Gasteiger charge is 2.33. The van der Waals surface area contributed by atoms with Crippen molar-refractivity contribution in [1.29, 1.82) is 0 Å². The van der Waals surface area contributed by atoms with Crippen LogP contribution in [0.5, 0.6) is 0 Å². The van der Waals surface area contributed by atoms with Gasteiger partial charge in [-0.25, -0.2) is 0 Å². The Kier molecular flexibility index (Phi) is 12.0. The first-order chi connectivity index (χ1) is 12.3. The minimum absolute atomic E-state index is 0.109. The lowest BCUT2D eigenvalue weighted by Crippen LogP contribution is -2.38. The predicted octanol–water partition coefficient (Wildman–Crippen LogP) is 3.41. The minimum atomic E-state index is 0.109.